The SMILES string of the molecule is CSc1cc(C=O)ccc1O. The lowest BCUT2D eigenvalue weighted by Crippen LogP contribution is -1.80. The van der Waals surface area contributed by atoms with Crippen molar-refractivity contribution in [1.29, 1.82) is 0 Å². The first-order valence-corrected chi connectivity index (χ1v) is 4.32. The molecule has 0 saturated carbocycles. The lowest BCUT2D eigenvalue weighted by atomic mass is 10.2. The van der Waals surface area contributed by atoms with Crippen LogP contribution in [0.2, 0.25) is 0 Å². The maximum absolute atomic E-state index is 10.3. The molecule has 0 unspecified atom stereocenters. The molecule has 1 aromatic carbocycles. The van der Waals surface area contributed by atoms with E-state index in [-0.39, 0.29) is 5.75 Å². The van der Waals surface area contributed by atoms with Crippen molar-refractivity contribution in [3.05, 3.63) is 23.8 Å². The zero-order chi connectivity index (χ0) is 8.27. The number of benzene rings is 1. The number of thioether (sulfide) groups is 1. The molecule has 0 fully saturated rings. The third-order valence-electron chi connectivity index (χ3n) is 1.34. The Morgan fingerprint density at radius 2 is 2.27 bits per heavy atom. The second kappa shape index (κ2) is 3.44. The second-order valence-electron chi connectivity index (χ2n) is 2.05. The van der Waals surface area contributed by atoms with Crippen molar-refractivity contribution in [2.24, 2.45) is 0 Å². The fourth-order valence-electron chi connectivity index (χ4n) is 0.768. The van der Waals surface area contributed by atoms with Crippen LogP contribution in [-0.2, 0) is 0 Å². The highest BCUT2D eigenvalue weighted by atomic mass is 32.2. The van der Waals surface area contributed by atoms with Gasteiger partial charge in [-0.05, 0) is 24.5 Å². The van der Waals surface area contributed by atoms with E-state index < -0.39 is 0 Å². The lowest BCUT2D eigenvalue weighted by Gasteiger charge is -1.99. The van der Waals surface area contributed by atoms with Crippen LogP contribution >= 0.6 is 11.8 Å². The van der Waals surface area contributed by atoms with Gasteiger partial charge in [-0.2, -0.15) is 0 Å². The number of phenols is 1. The quantitative estimate of drug-likeness (QED) is 0.541. The molecule has 58 valence electrons. The van der Waals surface area contributed by atoms with E-state index in [4.69, 9.17) is 0 Å². The Morgan fingerprint density at radius 1 is 1.55 bits per heavy atom. The number of aromatic hydroxyl groups is 1. The Balaban J connectivity index is 3.12. The topological polar surface area (TPSA) is 37.3 Å². The molecule has 0 aromatic heterocycles. The van der Waals surface area contributed by atoms with Gasteiger partial charge in [0.05, 0.1) is 0 Å². The largest absolute Gasteiger partial charge is 0.507 e. The molecule has 11 heavy (non-hydrogen) atoms. The predicted octanol–water partition coefficient (Wildman–Crippen LogP) is 1.93. The number of phenolic OH excluding ortho intramolecular Hbond substituents is 1. The molecule has 0 heterocycles. The summed E-state index contributed by atoms with van der Waals surface area (Å²) in [5.41, 5.74) is 0.590. The second-order valence-corrected chi connectivity index (χ2v) is 2.90. The molecule has 0 bridgehead atoms. The highest BCUT2D eigenvalue weighted by Gasteiger charge is 1.99. The Kier molecular flexibility index (Phi) is 2.54. The lowest BCUT2D eigenvalue weighted by molar-refractivity contribution is 0.112. The van der Waals surface area contributed by atoms with E-state index in [9.17, 15) is 9.90 Å². The number of carbonyl (C=O) groups excluding carboxylic acids is 1. The van der Waals surface area contributed by atoms with Crippen LogP contribution in [0.3, 0.4) is 0 Å². The number of aldehydes is 1. The van der Waals surface area contributed by atoms with Gasteiger partial charge in [0.25, 0.3) is 0 Å². The van der Waals surface area contributed by atoms with Crippen LogP contribution in [0.4, 0.5) is 0 Å². The van der Waals surface area contributed by atoms with Crippen LogP contribution < -0.4 is 0 Å². The fourth-order valence-corrected chi connectivity index (χ4v) is 1.30. The summed E-state index contributed by atoms with van der Waals surface area (Å²) in [7, 11) is 0. The average Bonchev–Trinajstić information content (AvgIpc) is 2.05. The molecule has 1 rings (SSSR count). The first-order chi connectivity index (χ1) is 5.27. The Labute approximate surface area is 69.2 Å². The average molecular weight is 168 g/mol. The molecule has 2 nitrogen and oxygen atoms in total. The normalized spacial score (nSPS) is 9.55. The molecular formula is C8H8O2S. The summed E-state index contributed by atoms with van der Waals surface area (Å²) in [4.78, 5) is 11.0. The zero-order valence-electron chi connectivity index (χ0n) is 6.07. The molecule has 0 aliphatic heterocycles. The smallest absolute Gasteiger partial charge is 0.150 e. The number of hydrogen-bond donors (Lipinski definition) is 1. The summed E-state index contributed by atoms with van der Waals surface area (Å²) in [6.45, 7) is 0. The van der Waals surface area contributed by atoms with Gasteiger partial charge >= 0.3 is 0 Å². The van der Waals surface area contributed by atoms with E-state index >= 15 is 0 Å². The van der Waals surface area contributed by atoms with Crippen LogP contribution in [0.5, 0.6) is 5.75 Å². The van der Waals surface area contributed by atoms with Crippen LogP contribution in [0.25, 0.3) is 0 Å². The monoisotopic (exact) mass is 168 g/mol. The standard InChI is InChI=1S/C8H8O2S/c1-11-8-4-6(5-9)2-3-7(8)10/h2-5,10H,1H3. The molecule has 0 saturated heterocycles. The molecular weight excluding hydrogens is 160 g/mol. The van der Waals surface area contributed by atoms with Gasteiger partial charge in [-0.1, -0.05) is 0 Å². The molecule has 3 heteroatoms. The highest BCUT2D eigenvalue weighted by Crippen LogP contribution is 2.26. The number of carbonyl (C=O) groups is 1. The Hall–Kier alpha value is -0.960. The summed E-state index contributed by atoms with van der Waals surface area (Å²) >= 11 is 1.42. The van der Waals surface area contributed by atoms with Crippen molar-refractivity contribution < 1.29 is 9.90 Å². The van der Waals surface area contributed by atoms with Gasteiger partial charge in [-0.15, -0.1) is 11.8 Å². The minimum atomic E-state index is 0.225. The van der Waals surface area contributed by atoms with Crippen molar-refractivity contribution in [3.63, 3.8) is 0 Å². The van der Waals surface area contributed by atoms with E-state index in [1.54, 1.807) is 12.1 Å². The third kappa shape index (κ3) is 1.74. The van der Waals surface area contributed by atoms with E-state index in [1.807, 2.05) is 6.26 Å². The fraction of sp³-hybridized carbons (Fsp3) is 0.125. The first kappa shape index (κ1) is 8.14. The van der Waals surface area contributed by atoms with Gasteiger partial charge in [0.2, 0.25) is 0 Å². The van der Waals surface area contributed by atoms with E-state index in [2.05, 4.69) is 0 Å². The molecule has 0 amide bonds. The van der Waals surface area contributed by atoms with Crippen LogP contribution in [0.1, 0.15) is 10.4 Å². The maximum atomic E-state index is 10.3. The minimum absolute atomic E-state index is 0.225. The maximum Gasteiger partial charge on any atom is 0.150 e. The van der Waals surface area contributed by atoms with Gasteiger partial charge < -0.3 is 5.11 Å². The van der Waals surface area contributed by atoms with Crippen LogP contribution in [-0.4, -0.2) is 17.6 Å². The van der Waals surface area contributed by atoms with Crippen molar-refractivity contribution in [3.8, 4) is 5.75 Å². The summed E-state index contributed by atoms with van der Waals surface area (Å²) < 4.78 is 0. The van der Waals surface area contributed by atoms with Crippen molar-refractivity contribution in [1.82, 2.24) is 0 Å². The summed E-state index contributed by atoms with van der Waals surface area (Å²) in [6.07, 6.45) is 2.61. The van der Waals surface area contributed by atoms with Crippen molar-refractivity contribution in [2.75, 3.05) is 6.26 Å². The van der Waals surface area contributed by atoms with Crippen molar-refractivity contribution >= 4 is 18.0 Å². The summed E-state index contributed by atoms with van der Waals surface area (Å²) in [5.74, 6) is 0.225. The van der Waals surface area contributed by atoms with Gasteiger partial charge in [-0.25, -0.2) is 0 Å². The minimum Gasteiger partial charge on any atom is -0.507 e. The number of rotatable bonds is 2. The molecule has 0 aliphatic rings. The molecule has 1 aromatic rings. The molecule has 1 N–H and O–H groups in total. The van der Waals surface area contributed by atoms with E-state index in [0.29, 0.717) is 5.56 Å². The molecule has 0 atom stereocenters. The predicted molar refractivity (Wildman–Crippen MR) is 45.3 cm³/mol. The van der Waals surface area contributed by atoms with Crippen molar-refractivity contribution in [2.45, 2.75) is 4.90 Å². The Morgan fingerprint density at radius 3 is 2.82 bits per heavy atom. The summed E-state index contributed by atoms with van der Waals surface area (Å²) in [6, 6.07) is 4.77. The van der Waals surface area contributed by atoms with Crippen LogP contribution in [0, 0.1) is 0 Å². The first-order valence-electron chi connectivity index (χ1n) is 3.10. The van der Waals surface area contributed by atoms with E-state index in [0.717, 1.165) is 11.2 Å². The van der Waals surface area contributed by atoms with E-state index in [1.165, 1.54) is 17.8 Å². The van der Waals surface area contributed by atoms with Crippen LogP contribution in [0.15, 0.2) is 23.1 Å². The molecule has 0 radical (unpaired) electrons. The molecule has 0 aliphatic carbocycles. The van der Waals surface area contributed by atoms with Gasteiger partial charge in [0, 0.05) is 10.5 Å². The summed E-state index contributed by atoms with van der Waals surface area (Å²) in [5, 5.41) is 9.19. The highest BCUT2D eigenvalue weighted by molar-refractivity contribution is 7.98. The zero-order valence-corrected chi connectivity index (χ0v) is 6.89. The van der Waals surface area contributed by atoms with Gasteiger partial charge in [-0.3, -0.25) is 4.79 Å². The molecule has 0 spiro atoms. The Bertz CT molecular complexity index is 271. The third-order valence-corrected chi connectivity index (χ3v) is 2.11. The van der Waals surface area contributed by atoms with Gasteiger partial charge in [0.1, 0.15) is 12.0 Å². The number of hydrogen-bond acceptors (Lipinski definition) is 3. The van der Waals surface area contributed by atoms with Gasteiger partial charge in [0.15, 0.2) is 0 Å².